The van der Waals surface area contributed by atoms with E-state index in [0.29, 0.717) is 57.6 Å². The number of hydrogen-bond donors (Lipinski definition) is 2. The van der Waals surface area contributed by atoms with Gasteiger partial charge in [-0.25, -0.2) is 9.78 Å². The zero-order valence-electron chi connectivity index (χ0n) is 23.0. The highest BCUT2D eigenvalue weighted by Crippen LogP contribution is 2.37. The quantitative estimate of drug-likeness (QED) is 0.399. The van der Waals surface area contributed by atoms with Gasteiger partial charge in [-0.2, -0.15) is 0 Å². The van der Waals surface area contributed by atoms with E-state index in [4.69, 9.17) is 25.8 Å². The van der Waals surface area contributed by atoms with Crippen molar-refractivity contribution in [2.24, 2.45) is 0 Å². The Morgan fingerprint density at radius 1 is 1.07 bits per heavy atom. The number of piperazine rings is 1. The zero-order chi connectivity index (χ0) is 28.7. The molecule has 0 atom stereocenters. The Morgan fingerprint density at radius 3 is 2.46 bits per heavy atom. The molecule has 3 aromatic rings. The molecule has 41 heavy (non-hydrogen) atoms. The van der Waals surface area contributed by atoms with E-state index >= 15 is 0 Å². The third-order valence-electron chi connectivity index (χ3n) is 7.27. The van der Waals surface area contributed by atoms with Crippen molar-refractivity contribution >= 4 is 29.2 Å². The molecule has 0 bridgehead atoms. The summed E-state index contributed by atoms with van der Waals surface area (Å²) in [5, 5.41) is 5.72. The van der Waals surface area contributed by atoms with E-state index in [1.165, 1.54) is 0 Å². The van der Waals surface area contributed by atoms with E-state index in [9.17, 15) is 9.59 Å². The first-order valence-corrected chi connectivity index (χ1v) is 14.0. The molecule has 2 fully saturated rings. The van der Waals surface area contributed by atoms with Gasteiger partial charge in [0.2, 0.25) is 11.7 Å². The largest absolute Gasteiger partial charge is 0.369 e. The van der Waals surface area contributed by atoms with Crippen LogP contribution in [0.5, 0.6) is 0 Å². The molecule has 2 aliphatic heterocycles. The summed E-state index contributed by atoms with van der Waals surface area (Å²) in [7, 11) is 1.54. The van der Waals surface area contributed by atoms with Crippen LogP contribution < -0.4 is 15.5 Å². The molecule has 2 saturated heterocycles. The summed E-state index contributed by atoms with van der Waals surface area (Å²) in [6.45, 7) is 4.14. The van der Waals surface area contributed by atoms with Crippen LogP contribution >= 0.6 is 11.6 Å². The molecular weight excluding hydrogens is 548 g/mol. The van der Waals surface area contributed by atoms with Crippen molar-refractivity contribution in [3.05, 3.63) is 83.4 Å². The second kappa shape index (κ2) is 13.3. The van der Waals surface area contributed by atoms with Gasteiger partial charge in [0.1, 0.15) is 6.10 Å². The Balaban J connectivity index is 1.10. The van der Waals surface area contributed by atoms with Gasteiger partial charge in [-0.05, 0) is 23.8 Å². The third kappa shape index (κ3) is 7.17. The van der Waals surface area contributed by atoms with Gasteiger partial charge in [0, 0.05) is 61.9 Å². The van der Waals surface area contributed by atoms with Crippen LogP contribution in [0.15, 0.2) is 67.3 Å². The minimum Gasteiger partial charge on any atom is -0.369 e. The number of aromatic nitrogens is 2. The number of ether oxygens (including phenoxy) is 3. The van der Waals surface area contributed by atoms with Gasteiger partial charge < -0.3 is 39.2 Å². The molecule has 0 aliphatic carbocycles. The van der Waals surface area contributed by atoms with E-state index in [-0.39, 0.29) is 24.6 Å². The molecule has 2 N–H and O–H groups in total. The number of amides is 3. The first kappa shape index (κ1) is 28.9. The summed E-state index contributed by atoms with van der Waals surface area (Å²) >= 11 is 6.53. The van der Waals surface area contributed by atoms with Gasteiger partial charge in [-0.3, -0.25) is 4.79 Å². The first-order valence-electron chi connectivity index (χ1n) is 13.6. The minimum absolute atomic E-state index is 0.0219. The van der Waals surface area contributed by atoms with Crippen molar-refractivity contribution in [2.45, 2.75) is 25.0 Å². The lowest BCUT2D eigenvalue weighted by molar-refractivity contribution is -0.313. The number of nitrogens with zero attached hydrogens (tertiary/aromatic N) is 4. The number of carbonyl (C=O) groups excluding carboxylic acids is 2. The molecule has 2 aromatic carbocycles. The van der Waals surface area contributed by atoms with Crippen molar-refractivity contribution in [2.75, 3.05) is 57.9 Å². The summed E-state index contributed by atoms with van der Waals surface area (Å²) in [6, 6.07) is 15.6. The summed E-state index contributed by atoms with van der Waals surface area (Å²) in [5.41, 5.74) is 2.91. The Labute approximate surface area is 244 Å². The van der Waals surface area contributed by atoms with Crippen LogP contribution in [0.1, 0.15) is 11.1 Å². The summed E-state index contributed by atoms with van der Waals surface area (Å²) in [6.07, 6.45) is 5.08. The Kier molecular flexibility index (Phi) is 9.40. The molecule has 1 aromatic heterocycles. The Bertz CT molecular complexity index is 1290. The first-order chi connectivity index (χ1) is 20.0. The van der Waals surface area contributed by atoms with Crippen molar-refractivity contribution < 1.29 is 23.8 Å². The van der Waals surface area contributed by atoms with E-state index in [1.807, 2.05) is 35.0 Å². The van der Waals surface area contributed by atoms with E-state index in [2.05, 4.69) is 44.8 Å². The maximum Gasteiger partial charge on any atom is 0.317 e. The number of halogens is 1. The van der Waals surface area contributed by atoms with Crippen LogP contribution in [0.3, 0.4) is 0 Å². The number of anilines is 1. The Morgan fingerprint density at radius 2 is 1.80 bits per heavy atom. The number of imidazole rings is 1. The molecule has 0 unspecified atom stereocenters. The minimum atomic E-state index is -1.03. The topological polar surface area (TPSA) is 110 Å². The summed E-state index contributed by atoms with van der Waals surface area (Å²) in [4.78, 5) is 31.7. The average molecular weight is 583 g/mol. The maximum absolute atomic E-state index is 12.3. The van der Waals surface area contributed by atoms with Crippen LogP contribution in [0.25, 0.3) is 0 Å². The number of likely N-dealkylation sites (N-methyl/N-ethyl adjacent to an activating group) is 1. The summed E-state index contributed by atoms with van der Waals surface area (Å²) < 4.78 is 20.7. The lowest BCUT2D eigenvalue weighted by Crippen LogP contribution is -2.53. The van der Waals surface area contributed by atoms with Gasteiger partial charge >= 0.3 is 6.03 Å². The lowest BCUT2D eigenvalue weighted by atomic mass is 10.0. The predicted molar refractivity (Wildman–Crippen MR) is 154 cm³/mol. The fourth-order valence-corrected chi connectivity index (χ4v) is 5.18. The maximum atomic E-state index is 12.3. The molecule has 5 rings (SSSR count). The monoisotopic (exact) mass is 582 g/mol. The van der Waals surface area contributed by atoms with Crippen molar-refractivity contribution in [3.8, 4) is 0 Å². The molecule has 0 radical (unpaired) electrons. The number of rotatable bonds is 9. The molecule has 12 heteroatoms. The third-order valence-corrected chi connectivity index (χ3v) is 7.60. The highest BCUT2D eigenvalue weighted by Gasteiger charge is 2.41. The second-order valence-corrected chi connectivity index (χ2v) is 10.4. The van der Waals surface area contributed by atoms with Gasteiger partial charge in [0.15, 0.2) is 0 Å². The smallest absolute Gasteiger partial charge is 0.317 e. The zero-order valence-corrected chi connectivity index (χ0v) is 23.8. The molecule has 11 nitrogen and oxygen atoms in total. The van der Waals surface area contributed by atoms with E-state index in [0.717, 1.165) is 16.8 Å². The number of hydrogen-bond acceptors (Lipinski definition) is 7. The van der Waals surface area contributed by atoms with Gasteiger partial charge in [0.05, 0.1) is 39.2 Å². The van der Waals surface area contributed by atoms with Crippen LogP contribution in [-0.2, 0) is 37.9 Å². The van der Waals surface area contributed by atoms with Crippen molar-refractivity contribution in [1.29, 1.82) is 0 Å². The van der Waals surface area contributed by atoms with Crippen LogP contribution in [0.4, 0.5) is 10.5 Å². The predicted octanol–water partition coefficient (Wildman–Crippen LogP) is 2.60. The van der Waals surface area contributed by atoms with Crippen molar-refractivity contribution in [3.63, 3.8) is 0 Å². The average Bonchev–Trinajstić information content (AvgIpc) is 3.53. The molecule has 3 heterocycles. The van der Waals surface area contributed by atoms with Crippen LogP contribution in [0, 0.1) is 0 Å². The second-order valence-electron chi connectivity index (χ2n) is 10.00. The molecule has 3 amide bonds. The highest BCUT2D eigenvalue weighted by molar-refractivity contribution is 6.31. The molecular formula is C29H35ClN6O5. The van der Waals surface area contributed by atoms with E-state index < -0.39 is 5.79 Å². The standard InChI is InChI=1S/C29H35ClN6O5/c1-31-27(37)16-33-28(38)36-14-12-35(13-15-36)23-8-6-22(7-9-23)17-39-24-18-40-29(41-19-24,20-34-11-10-32-21-34)25-4-2-3-5-26(25)30/h2-11,21,24H,12-20H2,1H3,(H,31,37)(H,33,38)/t24-,29-. The number of nitrogens with one attached hydrogen (secondary N) is 2. The van der Waals surface area contributed by atoms with Gasteiger partial charge in [-0.1, -0.05) is 41.9 Å². The number of benzene rings is 2. The van der Waals surface area contributed by atoms with Crippen molar-refractivity contribution in [1.82, 2.24) is 25.1 Å². The molecule has 2 aliphatic rings. The van der Waals surface area contributed by atoms with E-state index in [1.54, 1.807) is 24.5 Å². The molecule has 218 valence electrons. The summed E-state index contributed by atoms with van der Waals surface area (Å²) in [5.74, 6) is -1.25. The van der Waals surface area contributed by atoms with Crippen LogP contribution in [-0.4, -0.2) is 85.5 Å². The SMILES string of the molecule is CNC(=O)CNC(=O)N1CCN(c2ccc(CO[C@H]3CO[C@](Cn4ccnc4)(c4ccccc4Cl)OC3)cc2)CC1. The molecule has 0 spiro atoms. The lowest BCUT2D eigenvalue weighted by Gasteiger charge is -2.40. The fraction of sp³-hybridized carbons (Fsp3) is 0.414. The Hall–Kier alpha value is -3.64. The van der Waals surface area contributed by atoms with Crippen LogP contribution in [0.2, 0.25) is 5.02 Å². The molecule has 0 saturated carbocycles. The fourth-order valence-electron chi connectivity index (χ4n) is 4.90. The highest BCUT2D eigenvalue weighted by atomic mass is 35.5. The van der Waals surface area contributed by atoms with Gasteiger partial charge in [-0.15, -0.1) is 0 Å². The normalized spacial score (nSPS) is 21.0. The van der Waals surface area contributed by atoms with Gasteiger partial charge in [0.25, 0.3) is 0 Å². The number of carbonyl (C=O) groups is 2. The number of urea groups is 1.